The highest BCUT2D eigenvalue weighted by Gasteiger charge is 2.39. The maximum Gasteiger partial charge on any atom is 0.245 e. The minimum absolute atomic E-state index is 0.107. The summed E-state index contributed by atoms with van der Waals surface area (Å²) in [5.74, 6) is 0.667. The fourth-order valence-electron chi connectivity index (χ4n) is 5.15. The maximum atomic E-state index is 13.4. The van der Waals surface area contributed by atoms with Gasteiger partial charge in [-0.05, 0) is 44.4 Å². The monoisotopic (exact) mass is 364 g/mol. The van der Waals surface area contributed by atoms with Gasteiger partial charge in [-0.1, -0.05) is 38.5 Å². The third-order valence-corrected chi connectivity index (χ3v) is 6.68. The Balaban J connectivity index is 1.69. The lowest BCUT2D eigenvalue weighted by Crippen LogP contribution is -2.55. The van der Waals surface area contributed by atoms with Crippen LogP contribution in [0.15, 0.2) is 0 Å². The molecule has 5 heteroatoms. The van der Waals surface area contributed by atoms with Gasteiger partial charge in [-0.2, -0.15) is 0 Å². The van der Waals surface area contributed by atoms with Gasteiger partial charge in [0.1, 0.15) is 6.04 Å². The largest absolute Gasteiger partial charge is 0.383 e. The van der Waals surface area contributed by atoms with Crippen molar-refractivity contribution in [3.63, 3.8) is 0 Å². The zero-order valence-electron chi connectivity index (χ0n) is 16.4. The van der Waals surface area contributed by atoms with Crippen LogP contribution in [-0.2, 0) is 14.3 Å². The average Bonchev–Trinajstić information content (AvgIpc) is 3.15. The predicted molar refractivity (Wildman–Crippen MR) is 102 cm³/mol. The second kappa shape index (κ2) is 9.72. The highest BCUT2D eigenvalue weighted by molar-refractivity contribution is 5.89. The van der Waals surface area contributed by atoms with Crippen LogP contribution >= 0.6 is 0 Å². The van der Waals surface area contributed by atoms with E-state index in [2.05, 4.69) is 5.32 Å². The summed E-state index contributed by atoms with van der Waals surface area (Å²) in [6, 6.07) is -0.160. The van der Waals surface area contributed by atoms with Crippen LogP contribution in [0.5, 0.6) is 0 Å². The second-order valence-corrected chi connectivity index (χ2v) is 8.50. The van der Waals surface area contributed by atoms with Crippen molar-refractivity contribution in [2.45, 2.75) is 89.1 Å². The van der Waals surface area contributed by atoms with Crippen molar-refractivity contribution in [2.24, 2.45) is 11.8 Å². The molecule has 2 saturated carbocycles. The number of rotatable bonds is 6. The Labute approximate surface area is 158 Å². The van der Waals surface area contributed by atoms with E-state index in [1.807, 2.05) is 4.90 Å². The molecule has 0 aromatic rings. The van der Waals surface area contributed by atoms with Gasteiger partial charge in [-0.25, -0.2) is 0 Å². The lowest BCUT2D eigenvalue weighted by molar-refractivity contribution is -0.141. The van der Waals surface area contributed by atoms with Gasteiger partial charge < -0.3 is 15.0 Å². The average molecular weight is 365 g/mol. The molecule has 0 aromatic carbocycles. The molecule has 0 radical (unpaired) electrons. The molecular weight excluding hydrogens is 328 g/mol. The number of amides is 2. The van der Waals surface area contributed by atoms with Crippen LogP contribution in [0.25, 0.3) is 0 Å². The van der Waals surface area contributed by atoms with Gasteiger partial charge in [0.2, 0.25) is 11.8 Å². The van der Waals surface area contributed by atoms with E-state index in [0.717, 1.165) is 57.9 Å². The number of hydrogen-bond acceptors (Lipinski definition) is 3. The van der Waals surface area contributed by atoms with Gasteiger partial charge in [0.05, 0.1) is 12.6 Å². The minimum atomic E-state index is -0.331. The highest BCUT2D eigenvalue weighted by Crippen LogP contribution is 2.30. The van der Waals surface area contributed by atoms with Crippen molar-refractivity contribution in [1.29, 1.82) is 0 Å². The van der Waals surface area contributed by atoms with E-state index in [9.17, 15) is 9.59 Å². The van der Waals surface area contributed by atoms with Gasteiger partial charge in [0.25, 0.3) is 0 Å². The minimum Gasteiger partial charge on any atom is -0.383 e. The number of nitrogens with one attached hydrogen (secondary N) is 1. The van der Waals surface area contributed by atoms with Gasteiger partial charge in [-0.3, -0.25) is 9.59 Å². The summed E-state index contributed by atoms with van der Waals surface area (Å²) in [6.07, 6.45) is 13.2. The maximum absolute atomic E-state index is 13.4. The molecule has 0 aromatic heterocycles. The molecule has 0 spiro atoms. The molecule has 5 nitrogen and oxygen atoms in total. The number of nitrogens with zero attached hydrogens (tertiary/aromatic N) is 1. The number of hydrogen-bond donors (Lipinski definition) is 1. The molecule has 2 aliphatic carbocycles. The van der Waals surface area contributed by atoms with Gasteiger partial charge >= 0.3 is 0 Å². The van der Waals surface area contributed by atoms with Crippen molar-refractivity contribution in [3.8, 4) is 0 Å². The Kier molecular flexibility index (Phi) is 7.35. The number of carbonyl (C=O) groups is 2. The van der Waals surface area contributed by atoms with E-state index in [0.29, 0.717) is 12.5 Å². The van der Waals surface area contributed by atoms with Gasteiger partial charge in [-0.15, -0.1) is 0 Å². The molecule has 148 valence electrons. The van der Waals surface area contributed by atoms with Crippen LogP contribution in [0.3, 0.4) is 0 Å². The first-order chi connectivity index (χ1) is 12.7. The van der Waals surface area contributed by atoms with E-state index < -0.39 is 0 Å². The standard InChI is InChI=1S/C21H36N2O3/c1-26-15-18-13-8-14-23(18)21(25)19(16-9-4-2-5-10-16)22-20(24)17-11-6-3-7-12-17/h16-19H,2-15H2,1H3,(H,22,24). The quantitative estimate of drug-likeness (QED) is 0.787. The Morgan fingerprint density at radius 2 is 1.62 bits per heavy atom. The molecule has 26 heavy (non-hydrogen) atoms. The Morgan fingerprint density at radius 3 is 2.27 bits per heavy atom. The number of methoxy groups -OCH3 is 1. The molecule has 1 aliphatic heterocycles. The van der Waals surface area contributed by atoms with Crippen LogP contribution < -0.4 is 5.32 Å². The molecule has 0 bridgehead atoms. The topological polar surface area (TPSA) is 58.6 Å². The van der Waals surface area contributed by atoms with Crippen molar-refractivity contribution in [2.75, 3.05) is 20.3 Å². The fraction of sp³-hybridized carbons (Fsp3) is 0.905. The zero-order chi connectivity index (χ0) is 18.4. The van der Waals surface area contributed by atoms with E-state index in [1.165, 1.54) is 25.7 Å². The summed E-state index contributed by atoms with van der Waals surface area (Å²) in [7, 11) is 1.70. The van der Waals surface area contributed by atoms with Crippen LogP contribution in [0.1, 0.15) is 77.0 Å². The molecule has 3 rings (SSSR count). The Hall–Kier alpha value is -1.10. The molecule has 2 unspecified atom stereocenters. The van der Waals surface area contributed by atoms with E-state index in [-0.39, 0.29) is 29.8 Å². The summed E-state index contributed by atoms with van der Waals surface area (Å²) in [5, 5.41) is 3.22. The van der Waals surface area contributed by atoms with Crippen molar-refractivity contribution < 1.29 is 14.3 Å². The van der Waals surface area contributed by atoms with Crippen LogP contribution in [0.4, 0.5) is 0 Å². The third-order valence-electron chi connectivity index (χ3n) is 6.68. The van der Waals surface area contributed by atoms with Gasteiger partial charge in [0, 0.05) is 19.6 Å². The summed E-state index contributed by atoms with van der Waals surface area (Å²) in [4.78, 5) is 28.3. The highest BCUT2D eigenvalue weighted by atomic mass is 16.5. The molecule has 1 heterocycles. The normalized spacial score (nSPS) is 26.7. The summed E-state index contributed by atoms with van der Waals surface area (Å²) in [6.45, 7) is 1.40. The van der Waals surface area contributed by atoms with Crippen molar-refractivity contribution in [3.05, 3.63) is 0 Å². The van der Waals surface area contributed by atoms with Crippen LogP contribution in [0, 0.1) is 11.8 Å². The van der Waals surface area contributed by atoms with Crippen molar-refractivity contribution in [1.82, 2.24) is 10.2 Å². The summed E-state index contributed by atoms with van der Waals surface area (Å²) in [5.41, 5.74) is 0. The van der Waals surface area contributed by atoms with Crippen molar-refractivity contribution >= 4 is 11.8 Å². The molecule has 1 N–H and O–H groups in total. The smallest absolute Gasteiger partial charge is 0.245 e. The Bertz CT molecular complexity index is 470. The summed E-state index contributed by atoms with van der Waals surface area (Å²) >= 11 is 0. The lowest BCUT2D eigenvalue weighted by Gasteiger charge is -2.35. The number of ether oxygens (including phenoxy) is 1. The molecule has 3 aliphatic rings. The molecule has 2 amide bonds. The van der Waals surface area contributed by atoms with Crippen LogP contribution in [0.2, 0.25) is 0 Å². The molecular formula is C21H36N2O3. The van der Waals surface area contributed by atoms with Crippen LogP contribution in [-0.4, -0.2) is 49.1 Å². The van der Waals surface area contributed by atoms with E-state index in [1.54, 1.807) is 7.11 Å². The SMILES string of the molecule is COCC1CCCN1C(=O)C(NC(=O)C1CCCCC1)C1CCCCC1. The fourth-order valence-corrected chi connectivity index (χ4v) is 5.15. The lowest BCUT2D eigenvalue weighted by atomic mass is 9.82. The predicted octanol–water partition coefficient (Wildman–Crippen LogP) is 3.27. The number of carbonyl (C=O) groups excluding carboxylic acids is 2. The Morgan fingerprint density at radius 1 is 0.962 bits per heavy atom. The zero-order valence-corrected chi connectivity index (χ0v) is 16.4. The van der Waals surface area contributed by atoms with E-state index >= 15 is 0 Å². The third kappa shape index (κ3) is 4.79. The first-order valence-electron chi connectivity index (χ1n) is 10.8. The molecule has 1 saturated heterocycles. The first kappa shape index (κ1) is 19.7. The second-order valence-electron chi connectivity index (χ2n) is 8.50. The van der Waals surface area contributed by atoms with Gasteiger partial charge in [0.15, 0.2) is 0 Å². The molecule has 2 atom stereocenters. The number of likely N-dealkylation sites (tertiary alicyclic amines) is 1. The molecule has 3 fully saturated rings. The van der Waals surface area contributed by atoms with E-state index in [4.69, 9.17) is 4.74 Å². The first-order valence-corrected chi connectivity index (χ1v) is 10.8. The summed E-state index contributed by atoms with van der Waals surface area (Å²) < 4.78 is 5.33.